The number of carbonyl (C=O) groups is 2. The average molecular weight is 368 g/mol. The number of hydrogen-bond acceptors (Lipinski definition) is 2. The van der Waals surface area contributed by atoms with E-state index in [1.54, 1.807) is 24.3 Å². The van der Waals surface area contributed by atoms with Gasteiger partial charge in [-0.25, -0.2) is 5.32 Å². The second-order valence-electron chi connectivity index (χ2n) is 6.50. The summed E-state index contributed by atoms with van der Waals surface area (Å²) in [6.07, 6.45) is 3.03. The third kappa shape index (κ3) is 5.27. The van der Waals surface area contributed by atoms with E-state index in [0.717, 1.165) is 16.7 Å². The first-order valence-electron chi connectivity index (χ1n) is 9.30. The van der Waals surface area contributed by atoms with Crippen LogP contribution in [0.4, 0.5) is 5.69 Å². The van der Waals surface area contributed by atoms with Crippen LogP contribution in [0.2, 0.25) is 0 Å². The van der Waals surface area contributed by atoms with Gasteiger partial charge in [-0.2, -0.15) is 0 Å². The molecule has 1 amide bonds. The fraction of sp³-hybridized carbons (Fsp3) is 0.120. The first-order chi connectivity index (χ1) is 13.6. The average Bonchev–Trinajstić information content (AvgIpc) is 2.73. The summed E-state index contributed by atoms with van der Waals surface area (Å²) in [6, 6.07) is 27.1. The fourth-order valence-corrected chi connectivity index (χ4v) is 2.95. The Morgan fingerprint density at radius 3 is 1.79 bits per heavy atom. The van der Waals surface area contributed by atoms with E-state index >= 15 is 0 Å². The van der Waals surface area contributed by atoms with Crippen LogP contribution in [0.3, 0.4) is 0 Å². The molecule has 0 unspecified atom stereocenters. The van der Waals surface area contributed by atoms with Gasteiger partial charge < -0.3 is 0 Å². The summed E-state index contributed by atoms with van der Waals surface area (Å²) >= 11 is 0. The van der Waals surface area contributed by atoms with E-state index in [2.05, 4.69) is 35.7 Å². The Kier molecular flexibility index (Phi) is 6.53. The maximum Gasteiger partial charge on any atom is 0.246 e. The quantitative estimate of drug-likeness (QED) is 0.512. The number of hydrogen-bond donors (Lipinski definition) is 0. The largest absolute Gasteiger partial charge is 0.295 e. The molecule has 3 heteroatoms. The van der Waals surface area contributed by atoms with Gasteiger partial charge in [0.25, 0.3) is 0 Å². The van der Waals surface area contributed by atoms with Gasteiger partial charge in [-0.1, -0.05) is 66.7 Å². The van der Waals surface area contributed by atoms with E-state index in [1.165, 1.54) is 6.92 Å². The zero-order valence-corrected chi connectivity index (χ0v) is 15.8. The lowest BCUT2D eigenvalue weighted by Crippen LogP contribution is -2.09. The molecular formula is C25H22NO2. The highest BCUT2D eigenvalue weighted by molar-refractivity contribution is 5.94. The van der Waals surface area contributed by atoms with Gasteiger partial charge in [-0.15, -0.1) is 0 Å². The van der Waals surface area contributed by atoms with Gasteiger partial charge >= 0.3 is 0 Å². The van der Waals surface area contributed by atoms with Crippen molar-refractivity contribution >= 4 is 23.0 Å². The molecule has 3 nitrogen and oxygen atoms in total. The molecule has 0 aliphatic rings. The topological polar surface area (TPSA) is 48.2 Å². The lowest BCUT2D eigenvalue weighted by Gasteiger charge is -2.09. The van der Waals surface area contributed by atoms with Crippen molar-refractivity contribution in [2.24, 2.45) is 0 Å². The third-order valence-corrected chi connectivity index (χ3v) is 4.40. The minimum absolute atomic E-state index is 0.00244. The van der Waals surface area contributed by atoms with E-state index in [0.29, 0.717) is 24.1 Å². The smallest absolute Gasteiger partial charge is 0.246 e. The third-order valence-electron chi connectivity index (χ3n) is 4.40. The molecule has 0 N–H and O–H groups in total. The summed E-state index contributed by atoms with van der Waals surface area (Å²) in [5.41, 5.74) is 4.55. The molecule has 0 saturated heterocycles. The molecule has 0 bridgehead atoms. The first kappa shape index (κ1) is 19.3. The maximum atomic E-state index is 12.2. The highest BCUT2D eigenvalue weighted by Gasteiger charge is 2.07. The molecule has 0 aliphatic carbocycles. The monoisotopic (exact) mass is 368 g/mol. The number of rotatable bonds is 7. The zero-order valence-electron chi connectivity index (χ0n) is 15.8. The first-order valence-corrected chi connectivity index (χ1v) is 9.30. The molecular weight excluding hydrogens is 346 g/mol. The standard InChI is InChI=1S/C25H22NO2/c1-19(27)20-15-17-23(18-16-20)26-25(28)14-8-13-24(21-9-4-2-5-10-21)22-11-6-3-7-12-22/h2-7,9-13,15-18H,8,14H2,1H3. The predicted octanol–water partition coefficient (Wildman–Crippen LogP) is 5.56. The molecule has 0 saturated carbocycles. The SMILES string of the molecule is CC(=O)c1ccc([N]C(=O)CCC=C(c2ccccc2)c2ccccc2)cc1. The number of ketones is 1. The van der Waals surface area contributed by atoms with Crippen molar-refractivity contribution in [3.63, 3.8) is 0 Å². The Bertz CT molecular complexity index is 917. The summed E-state index contributed by atoms with van der Waals surface area (Å²) in [5.74, 6) is -0.176. The molecule has 3 aromatic carbocycles. The second kappa shape index (κ2) is 9.47. The molecule has 0 spiro atoms. The van der Waals surface area contributed by atoms with Crippen molar-refractivity contribution < 1.29 is 9.59 Å². The van der Waals surface area contributed by atoms with Gasteiger partial charge in [0.2, 0.25) is 5.91 Å². The van der Waals surface area contributed by atoms with Gasteiger partial charge in [0.1, 0.15) is 0 Å². The van der Waals surface area contributed by atoms with Crippen LogP contribution in [0.15, 0.2) is 91.0 Å². The molecule has 0 heterocycles. The molecule has 3 aromatic rings. The number of amides is 1. The van der Waals surface area contributed by atoms with Crippen LogP contribution in [-0.4, -0.2) is 11.7 Å². The zero-order chi connectivity index (χ0) is 19.8. The minimum atomic E-state index is -0.174. The molecule has 139 valence electrons. The summed E-state index contributed by atoms with van der Waals surface area (Å²) in [6.45, 7) is 1.51. The van der Waals surface area contributed by atoms with E-state index in [1.807, 2.05) is 36.4 Å². The van der Waals surface area contributed by atoms with Crippen LogP contribution in [0, 0.1) is 0 Å². The van der Waals surface area contributed by atoms with Crippen LogP contribution >= 0.6 is 0 Å². The van der Waals surface area contributed by atoms with E-state index < -0.39 is 0 Å². The summed E-state index contributed by atoms with van der Waals surface area (Å²) < 4.78 is 0. The van der Waals surface area contributed by atoms with E-state index in [4.69, 9.17) is 0 Å². The second-order valence-corrected chi connectivity index (χ2v) is 6.50. The highest BCUT2D eigenvalue weighted by Crippen LogP contribution is 2.24. The van der Waals surface area contributed by atoms with Gasteiger partial charge in [0, 0.05) is 12.0 Å². The Balaban J connectivity index is 1.66. The minimum Gasteiger partial charge on any atom is -0.295 e. The fourth-order valence-electron chi connectivity index (χ4n) is 2.95. The van der Waals surface area contributed by atoms with Gasteiger partial charge in [0.05, 0.1) is 5.69 Å². The number of nitrogens with zero attached hydrogens (tertiary/aromatic N) is 1. The predicted molar refractivity (Wildman–Crippen MR) is 112 cm³/mol. The Labute approximate surface area is 165 Å². The summed E-state index contributed by atoms with van der Waals surface area (Å²) in [5, 5.41) is 4.12. The maximum absolute atomic E-state index is 12.2. The Hall–Kier alpha value is -3.46. The molecule has 0 atom stereocenters. The van der Waals surface area contributed by atoms with Crippen LogP contribution in [0.1, 0.15) is 41.3 Å². The molecule has 1 radical (unpaired) electrons. The van der Waals surface area contributed by atoms with E-state index in [-0.39, 0.29) is 11.7 Å². The van der Waals surface area contributed by atoms with Crippen molar-refractivity contribution in [2.75, 3.05) is 0 Å². The lowest BCUT2D eigenvalue weighted by molar-refractivity contribution is -0.120. The molecule has 28 heavy (non-hydrogen) atoms. The van der Waals surface area contributed by atoms with Gasteiger partial charge in [0.15, 0.2) is 5.78 Å². The Morgan fingerprint density at radius 1 is 0.750 bits per heavy atom. The molecule has 0 aliphatic heterocycles. The molecule has 3 rings (SSSR count). The van der Waals surface area contributed by atoms with Crippen LogP contribution in [0.5, 0.6) is 0 Å². The number of carbonyl (C=O) groups excluding carboxylic acids is 2. The van der Waals surface area contributed by atoms with Crippen molar-refractivity contribution in [1.29, 1.82) is 0 Å². The number of allylic oxidation sites excluding steroid dienone is 1. The number of Topliss-reactive ketones (excluding diaryl/α,β-unsaturated/α-hetero) is 1. The van der Waals surface area contributed by atoms with Crippen LogP contribution < -0.4 is 5.32 Å². The van der Waals surface area contributed by atoms with Crippen molar-refractivity contribution in [3.8, 4) is 0 Å². The van der Waals surface area contributed by atoms with Gasteiger partial charge in [-0.3, -0.25) is 9.59 Å². The normalized spacial score (nSPS) is 10.2. The summed E-state index contributed by atoms with van der Waals surface area (Å²) in [7, 11) is 0. The van der Waals surface area contributed by atoms with Gasteiger partial charge in [-0.05, 0) is 54.3 Å². The van der Waals surface area contributed by atoms with Crippen molar-refractivity contribution in [3.05, 3.63) is 108 Å². The summed E-state index contributed by atoms with van der Waals surface area (Å²) in [4.78, 5) is 23.5. The molecule has 0 fully saturated rings. The van der Waals surface area contributed by atoms with Crippen molar-refractivity contribution in [1.82, 2.24) is 5.32 Å². The Morgan fingerprint density at radius 2 is 1.29 bits per heavy atom. The van der Waals surface area contributed by atoms with E-state index in [9.17, 15) is 9.59 Å². The highest BCUT2D eigenvalue weighted by atomic mass is 16.1. The van der Waals surface area contributed by atoms with Crippen LogP contribution in [0.25, 0.3) is 5.57 Å². The molecule has 0 aromatic heterocycles. The lowest BCUT2D eigenvalue weighted by atomic mass is 9.96. The van der Waals surface area contributed by atoms with Crippen LogP contribution in [-0.2, 0) is 4.79 Å². The number of benzene rings is 3. The van der Waals surface area contributed by atoms with Crippen molar-refractivity contribution in [2.45, 2.75) is 19.8 Å².